The van der Waals surface area contributed by atoms with Gasteiger partial charge in [-0.1, -0.05) is 0 Å². The Labute approximate surface area is 133 Å². The summed E-state index contributed by atoms with van der Waals surface area (Å²) >= 11 is 0. The van der Waals surface area contributed by atoms with Crippen LogP contribution in [-0.2, 0) is 28.7 Å². The zero-order valence-corrected chi connectivity index (χ0v) is 12.9. The average Bonchev–Trinajstić information content (AvgIpc) is 2.96. The molecule has 9 nitrogen and oxygen atoms in total. The van der Waals surface area contributed by atoms with Gasteiger partial charge in [0.25, 0.3) is 0 Å². The average molecular weight is 330 g/mol. The van der Waals surface area contributed by atoms with Crippen LogP contribution in [0.1, 0.15) is 39.0 Å². The number of nitrogens with two attached hydrogens (primary N) is 1. The normalized spacial score (nSPS) is 17.1. The van der Waals surface area contributed by atoms with Gasteiger partial charge in [-0.2, -0.15) is 0 Å². The molecule has 1 aliphatic carbocycles. The molecule has 0 aliphatic heterocycles. The predicted octanol–water partition coefficient (Wildman–Crippen LogP) is -0.678. The van der Waals surface area contributed by atoms with Crippen molar-refractivity contribution in [3.05, 3.63) is 0 Å². The third-order valence-electron chi connectivity index (χ3n) is 3.36. The van der Waals surface area contributed by atoms with Gasteiger partial charge in [-0.05, 0) is 32.6 Å². The van der Waals surface area contributed by atoms with Crippen molar-refractivity contribution in [1.82, 2.24) is 5.32 Å². The molecule has 0 radical (unpaired) electrons. The van der Waals surface area contributed by atoms with Crippen LogP contribution < -0.4 is 11.1 Å². The van der Waals surface area contributed by atoms with Crippen LogP contribution in [0, 0.1) is 0 Å². The first kappa shape index (κ1) is 18.9. The van der Waals surface area contributed by atoms with Gasteiger partial charge in [0.05, 0.1) is 19.1 Å². The van der Waals surface area contributed by atoms with Crippen LogP contribution in [0.3, 0.4) is 0 Å². The minimum atomic E-state index is -1.65. The maximum Gasteiger partial charge on any atom is 0.340 e. The third-order valence-corrected chi connectivity index (χ3v) is 3.36. The smallest absolute Gasteiger partial charge is 0.340 e. The summed E-state index contributed by atoms with van der Waals surface area (Å²) in [5.41, 5.74) is 5.41. The van der Waals surface area contributed by atoms with Crippen molar-refractivity contribution in [3.63, 3.8) is 0 Å². The second kappa shape index (κ2) is 9.09. The molecule has 130 valence electrons. The molecular weight excluding hydrogens is 308 g/mol. The summed E-state index contributed by atoms with van der Waals surface area (Å²) in [4.78, 5) is 46.3. The standard InChI is InChI=1S/C14H22N2O7/c1-2-22-13(20)11(14(21)23-8-5-3-4-6-8)16-12(19)9(15)7-10(17)18/h8-9,11H,2-7,15H2,1H3,(H,16,19)(H,17,18)/t9-,11+/m1/s1. The van der Waals surface area contributed by atoms with Crippen LogP contribution in [0.5, 0.6) is 0 Å². The molecule has 9 heteroatoms. The Kier molecular flexibility index (Phi) is 7.46. The van der Waals surface area contributed by atoms with Gasteiger partial charge >= 0.3 is 17.9 Å². The fraction of sp³-hybridized carbons (Fsp3) is 0.714. The SMILES string of the molecule is CCOC(=O)[C@H](NC(=O)[C@H](N)CC(=O)O)C(=O)OC1CCCC1. The van der Waals surface area contributed by atoms with E-state index in [1.807, 2.05) is 0 Å². The number of ether oxygens (including phenoxy) is 2. The van der Waals surface area contributed by atoms with Crippen molar-refractivity contribution in [2.24, 2.45) is 5.73 Å². The van der Waals surface area contributed by atoms with Crippen LogP contribution in [0.2, 0.25) is 0 Å². The lowest BCUT2D eigenvalue weighted by Gasteiger charge is -2.20. The summed E-state index contributed by atoms with van der Waals surface area (Å²) < 4.78 is 9.93. The number of aliphatic carboxylic acids is 1. The second-order valence-electron chi connectivity index (χ2n) is 5.24. The first-order valence-electron chi connectivity index (χ1n) is 7.50. The lowest BCUT2D eigenvalue weighted by atomic mass is 10.2. The monoisotopic (exact) mass is 330 g/mol. The highest BCUT2D eigenvalue weighted by Crippen LogP contribution is 2.21. The minimum absolute atomic E-state index is 0.0170. The highest BCUT2D eigenvalue weighted by Gasteiger charge is 2.35. The van der Waals surface area contributed by atoms with Crippen molar-refractivity contribution in [3.8, 4) is 0 Å². The van der Waals surface area contributed by atoms with E-state index in [-0.39, 0.29) is 12.7 Å². The van der Waals surface area contributed by atoms with Crippen molar-refractivity contribution in [1.29, 1.82) is 0 Å². The number of hydrogen-bond donors (Lipinski definition) is 3. The first-order chi connectivity index (χ1) is 10.8. The summed E-state index contributed by atoms with van der Waals surface area (Å²) in [6.45, 7) is 1.57. The molecule has 23 heavy (non-hydrogen) atoms. The molecule has 1 aliphatic rings. The molecule has 0 aromatic rings. The Bertz CT molecular complexity index is 460. The van der Waals surface area contributed by atoms with E-state index >= 15 is 0 Å². The minimum Gasteiger partial charge on any atom is -0.481 e. The van der Waals surface area contributed by atoms with Crippen molar-refractivity contribution in [2.45, 2.75) is 57.2 Å². The number of carbonyl (C=O) groups is 4. The molecule has 0 aromatic heterocycles. The molecule has 0 heterocycles. The number of nitrogens with one attached hydrogen (secondary N) is 1. The van der Waals surface area contributed by atoms with E-state index in [9.17, 15) is 19.2 Å². The molecule has 0 aromatic carbocycles. The van der Waals surface area contributed by atoms with Gasteiger partial charge in [0.2, 0.25) is 11.9 Å². The Balaban J connectivity index is 2.70. The number of amides is 1. The van der Waals surface area contributed by atoms with Gasteiger partial charge in [0.15, 0.2) is 0 Å². The number of rotatable bonds is 8. The molecule has 2 atom stereocenters. The van der Waals surface area contributed by atoms with Crippen LogP contribution in [-0.4, -0.2) is 53.7 Å². The van der Waals surface area contributed by atoms with Gasteiger partial charge in [-0.15, -0.1) is 0 Å². The Morgan fingerprint density at radius 1 is 1.22 bits per heavy atom. The number of carbonyl (C=O) groups excluding carboxylic acids is 3. The Morgan fingerprint density at radius 3 is 2.35 bits per heavy atom. The number of esters is 2. The van der Waals surface area contributed by atoms with E-state index in [4.69, 9.17) is 20.3 Å². The van der Waals surface area contributed by atoms with Crippen molar-refractivity contribution in [2.75, 3.05) is 6.61 Å². The summed E-state index contributed by atoms with van der Waals surface area (Å²) in [5.74, 6) is -4.10. The highest BCUT2D eigenvalue weighted by molar-refractivity contribution is 6.03. The first-order valence-corrected chi connectivity index (χ1v) is 7.50. The fourth-order valence-electron chi connectivity index (χ4n) is 2.21. The molecule has 0 unspecified atom stereocenters. The molecule has 1 rings (SSSR count). The molecule has 1 saturated carbocycles. The van der Waals surface area contributed by atoms with E-state index in [1.165, 1.54) is 0 Å². The van der Waals surface area contributed by atoms with Crippen LogP contribution in [0.4, 0.5) is 0 Å². The molecule has 1 amide bonds. The van der Waals surface area contributed by atoms with Crippen molar-refractivity contribution >= 4 is 23.8 Å². The molecular formula is C14H22N2O7. The molecule has 0 bridgehead atoms. The number of carboxylic acid groups (broad SMARTS) is 1. The van der Waals surface area contributed by atoms with E-state index < -0.39 is 42.3 Å². The maximum atomic E-state index is 12.1. The number of carboxylic acids is 1. The van der Waals surface area contributed by atoms with E-state index in [0.717, 1.165) is 12.8 Å². The van der Waals surface area contributed by atoms with E-state index in [2.05, 4.69) is 5.32 Å². The molecule has 1 fully saturated rings. The number of hydrogen-bond acceptors (Lipinski definition) is 7. The lowest BCUT2D eigenvalue weighted by Crippen LogP contribution is -2.53. The zero-order chi connectivity index (χ0) is 17.4. The zero-order valence-electron chi connectivity index (χ0n) is 12.9. The van der Waals surface area contributed by atoms with Gasteiger partial charge < -0.3 is 25.6 Å². The van der Waals surface area contributed by atoms with Gasteiger partial charge in [-0.25, -0.2) is 9.59 Å². The van der Waals surface area contributed by atoms with Crippen LogP contribution in [0.25, 0.3) is 0 Å². The summed E-state index contributed by atoms with van der Waals surface area (Å²) in [7, 11) is 0. The van der Waals surface area contributed by atoms with E-state index in [0.29, 0.717) is 12.8 Å². The van der Waals surface area contributed by atoms with Gasteiger partial charge in [0.1, 0.15) is 6.10 Å². The third kappa shape index (κ3) is 6.23. The van der Waals surface area contributed by atoms with E-state index in [1.54, 1.807) is 6.92 Å². The van der Waals surface area contributed by atoms with Crippen molar-refractivity contribution < 1.29 is 33.8 Å². The molecule has 0 spiro atoms. The Hall–Kier alpha value is -2.16. The quantitative estimate of drug-likeness (QED) is 0.392. The van der Waals surface area contributed by atoms with Gasteiger partial charge in [0, 0.05) is 0 Å². The molecule has 0 saturated heterocycles. The van der Waals surface area contributed by atoms with Gasteiger partial charge in [-0.3, -0.25) is 9.59 Å². The predicted molar refractivity (Wildman–Crippen MR) is 77.1 cm³/mol. The van der Waals surface area contributed by atoms with Crippen LogP contribution in [0.15, 0.2) is 0 Å². The topological polar surface area (TPSA) is 145 Å². The lowest BCUT2D eigenvalue weighted by molar-refractivity contribution is -0.162. The summed E-state index contributed by atoms with van der Waals surface area (Å²) in [6, 6.07) is -3.04. The highest BCUT2D eigenvalue weighted by atomic mass is 16.6. The fourth-order valence-corrected chi connectivity index (χ4v) is 2.21. The van der Waals surface area contributed by atoms with Crippen LogP contribution >= 0.6 is 0 Å². The summed E-state index contributed by atoms with van der Waals surface area (Å²) in [6.07, 6.45) is 2.35. The second-order valence-corrected chi connectivity index (χ2v) is 5.24. The summed E-state index contributed by atoms with van der Waals surface area (Å²) in [5, 5.41) is 10.7. The molecule has 4 N–H and O–H groups in total. The maximum absolute atomic E-state index is 12.1. The largest absolute Gasteiger partial charge is 0.481 e. The Morgan fingerprint density at radius 2 is 1.83 bits per heavy atom.